The molecule has 1 aliphatic rings. The predicted octanol–water partition coefficient (Wildman–Crippen LogP) is 3.28. The Balaban J connectivity index is 2.22. The van der Waals surface area contributed by atoms with Crippen LogP contribution in [0.5, 0.6) is 0 Å². The molecule has 0 aliphatic heterocycles. The summed E-state index contributed by atoms with van der Waals surface area (Å²) in [5, 5.41) is 7.62. The van der Waals surface area contributed by atoms with Crippen molar-refractivity contribution >= 4 is 35.7 Å². The van der Waals surface area contributed by atoms with Crippen molar-refractivity contribution in [2.24, 2.45) is 0 Å². The third-order valence-electron chi connectivity index (χ3n) is 3.09. The molecule has 0 radical (unpaired) electrons. The van der Waals surface area contributed by atoms with Crippen LogP contribution in [0.4, 0.5) is 0 Å². The van der Waals surface area contributed by atoms with Crippen molar-refractivity contribution in [3.63, 3.8) is 0 Å². The van der Waals surface area contributed by atoms with Crippen molar-refractivity contribution in [2.75, 3.05) is 0 Å². The van der Waals surface area contributed by atoms with Crippen LogP contribution in [0.3, 0.4) is 0 Å². The SMILES string of the molecule is Cc1cc(Br)cc(-c2nnc(S(=O)(=O)Cl)n2C2CC2)c1. The van der Waals surface area contributed by atoms with E-state index in [1.54, 1.807) is 4.57 Å². The molecule has 5 nitrogen and oxygen atoms in total. The van der Waals surface area contributed by atoms with Crippen LogP contribution in [-0.4, -0.2) is 23.2 Å². The summed E-state index contributed by atoms with van der Waals surface area (Å²) in [6.45, 7) is 1.96. The van der Waals surface area contributed by atoms with Crippen LogP contribution in [-0.2, 0) is 9.05 Å². The van der Waals surface area contributed by atoms with Crippen LogP contribution in [0, 0.1) is 6.92 Å². The number of rotatable bonds is 3. The van der Waals surface area contributed by atoms with E-state index in [0.29, 0.717) is 5.82 Å². The van der Waals surface area contributed by atoms with Gasteiger partial charge in [0, 0.05) is 26.8 Å². The first kappa shape index (κ1) is 14.0. The van der Waals surface area contributed by atoms with Crippen LogP contribution in [0.1, 0.15) is 24.4 Å². The minimum Gasteiger partial charge on any atom is -0.294 e. The normalized spacial score (nSPS) is 15.6. The number of aromatic nitrogens is 3. The third-order valence-corrected chi connectivity index (χ3v) is 4.68. The van der Waals surface area contributed by atoms with E-state index in [0.717, 1.165) is 28.4 Å². The lowest BCUT2D eigenvalue weighted by molar-refractivity contribution is 0.579. The van der Waals surface area contributed by atoms with Crippen LogP contribution >= 0.6 is 26.6 Å². The Hall–Kier alpha value is -0.920. The van der Waals surface area contributed by atoms with E-state index in [1.807, 2.05) is 25.1 Å². The van der Waals surface area contributed by atoms with Gasteiger partial charge in [-0.05, 0) is 43.5 Å². The topological polar surface area (TPSA) is 64.8 Å². The van der Waals surface area contributed by atoms with E-state index in [2.05, 4.69) is 26.1 Å². The second-order valence-corrected chi connectivity index (χ2v) is 8.24. The molecule has 2 aromatic rings. The number of nitrogens with zero attached hydrogens (tertiary/aromatic N) is 3. The number of halogens is 2. The van der Waals surface area contributed by atoms with E-state index in [9.17, 15) is 8.42 Å². The summed E-state index contributed by atoms with van der Waals surface area (Å²) in [4.78, 5) is 0. The molecule has 0 amide bonds. The average molecular weight is 377 g/mol. The zero-order valence-electron chi connectivity index (χ0n) is 10.5. The van der Waals surface area contributed by atoms with Crippen molar-refractivity contribution < 1.29 is 8.42 Å². The van der Waals surface area contributed by atoms with Crippen molar-refractivity contribution in [1.82, 2.24) is 14.8 Å². The van der Waals surface area contributed by atoms with Gasteiger partial charge in [0.05, 0.1) is 0 Å². The van der Waals surface area contributed by atoms with Gasteiger partial charge in [-0.3, -0.25) is 4.57 Å². The molecule has 3 rings (SSSR count). The number of aryl methyl sites for hydroxylation is 1. The number of hydrogen-bond donors (Lipinski definition) is 0. The first-order valence-corrected chi connectivity index (χ1v) is 9.13. The largest absolute Gasteiger partial charge is 0.296 e. The highest BCUT2D eigenvalue weighted by atomic mass is 79.9. The van der Waals surface area contributed by atoms with Gasteiger partial charge in [-0.2, -0.15) is 0 Å². The fourth-order valence-electron chi connectivity index (χ4n) is 2.17. The Labute approximate surface area is 129 Å². The molecule has 1 fully saturated rings. The molecule has 1 aliphatic carbocycles. The lowest BCUT2D eigenvalue weighted by Gasteiger charge is -2.08. The smallest absolute Gasteiger partial charge is 0.294 e. The average Bonchev–Trinajstić information content (AvgIpc) is 3.04. The maximum Gasteiger partial charge on any atom is 0.296 e. The highest BCUT2D eigenvalue weighted by Gasteiger charge is 2.34. The van der Waals surface area contributed by atoms with Gasteiger partial charge in [0.2, 0.25) is 0 Å². The van der Waals surface area contributed by atoms with Crippen molar-refractivity contribution in [2.45, 2.75) is 31.0 Å². The second-order valence-electron chi connectivity index (χ2n) is 4.86. The lowest BCUT2D eigenvalue weighted by Crippen LogP contribution is -2.06. The van der Waals surface area contributed by atoms with Crippen LogP contribution in [0.25, 0.3) is 11.4 Å². The van der Waals surface area contributed by atoms with Gasteiger partial charge in [-0.15, -0.1) is 10.2 Å². The first-order valence-electron chi connectivity index (χ1n) is 6.03. The van der Waals surface area contributed by atoms with E-state index in [4.69, 9.17) is 10.7 Å². The highest BCUT2D eigenvalue weighted by molar-refractivity contribution is 9.10. The molecule has 8 heteroatoms. The predicted molar refractivity (Wildman–Crippen MR) is 79.2 cm³/mol. The fraction of sp³-hybridized carbons (Fsp3) is 0.333. The van der Waals surface area contributed by atoms with Gasteiger partial charge < -0.3 is 0 Å². The zero-order chi connectivity index (χ0) is 14.5. The van der Waals surface area contributed by atoms with Gasteiger partial charge in [0.25, 0.3) is 14.2 Å². The van der Waals surface area contributed by atoms with E-state index >= 15 is 0 Å². The Bertz CT molecular complexity index is 764. The van der Waals surface area contributed by atoms with E-state index in [-0.39, 0.29) is 11.2 Å². The molecule has 1 heterocycles. The third kappa shape index (κ3) is 2.62. The van der Waals surface area contributed by atoms with Gasteiger partial charge in [0.15, 0.2) is 5.82 Å². The molecule has 0 saturated heterocycles. The van der Waals surface area contributed by atoms with Crippen LogP contribution in [0.2, 0.25) is 0 Å². The van der Waals surface area contributed by atoms with Gasteiger partial charge >= 0.3 is 0 Å². The zero-order valence-corrected chi connectivity index (χ0v) is 13.7. The summed E-state index contributed by atoms with van der Waals surface area (Å²) < 4.78 is 25.7. The molecule has 0 unspecified atom stereocenters. The molecule has 1 aromatic carbocycles. The van der Waals surface area contributed by atoms with Gasteiger partial charge in [0.1, 0.15) is 0 Å². The summed E-state index contributed by atoms with van der Waals surface area (Å²) in [6.07, 6.45) is 1.83. The monoisotopic (exact) mass is 375 g/mol. The molecule has 106 valence electrons. The molecule has 20 heavy (non-hydrogen) atoms. The summed E-state index contributed by atoms with van der Waals surface area (Å²) in [5.41, 5.74) is 1.87. The summed E-state index contributed by atoms with van der Waals surface area (Å²) in [7, 11) is 1.54. The molecule has 1 aromatic heterocycles. The Morgan fingerprint density at radius 1 is 1.30 bits per heavy atom. The molecular weight excluding hydrogens is 366 g/mol. The number of hydrogen-bond acceptors (Lipinski definition) is 4. The summed E-state index contributed by atoms with van der Waals surface area (Å²) >= 11 is 3.43. The quantitative estimate of drug-likeness (QED) is 0.771. The molecule has 0 bridgehead atoms. The maximum atomic E-state index is 11.6. The highest BCUT2D eigenvalue weighted by Crippen LogP contribution is 2.40. The van der Waals surface area contributed by atoms with E-state index < -0.39 is 9.05 Å². The molecule has 0 spiro atoms. The minimum atomic E-state index is -3.90. The standard InChI is InChI=1S/C12H11BrClN3O2S/c1-7-4-8(6-9(13)5-7)11-15-16-12(20(14,18)19)17(11)10-2-3-10/h4-6,10H,2-3H2,1H3. The van der Waals surface area contributed by atoms with Gasteiger partial charge in [-0.25, -0.2) is 8.42 Å². The lowest BCUT2D eigenvalue weighted by atomic mass is 10.1. The molecule has 1 saturated carbocycles. The Kier molecular flexibility index (Phi) is 3.38. The van der Waals surface area contributed by atoms with Crippen molar-refractivity contribution in [1.29, 1.82) is 0 Å². The van der Waals surface area contributed by atoms with Crippen molar-refractivity contribution in [3.05, 3.63) is 28.2 Å². The summed E-state index contributed by atoms with van der Waals surface area (Å²) in [5.74, 6) is 0.538. The Morgan fingerprint density at radius 3 is 2.55 bits per heavy atom. The molecule has 0 N–H and O–H groups in total. The maximum absolute atomic E-state index is 11.6. The Morgan fingerprint density at radius 2 is 2.00 bits per heavy atom. The van der Waals surface area contributed by atoms with Crippen LogP contribution in [0.15, 0.2) is 27.8 Å². The van der Waals surface area contributed by atoms with Crippen molar-refractivity contribution in [3.8, 4) is 11.4 Å². The fourth-order valence-corrected chi connectivity index (χ4v) is 3.70. The number of benzene rings is 1. The molecular formula is C12H11BrClN3O2S. The van der Waals surface area contributed by atoms with Gasteiger partial charge in [-0.1, -0.05) is 15.9 Å². The molecule has 0 atom stereocenters. The summed E-state index contributed by atoms with van der Waals surface area (Å²) in [6, 6.07) is 5.92. The second kappa shape index (κ2) is 4.82. The van der Waals surface area contributed by atoms with E-state index in [1.165, 1.54) is 0 Å². The first-order chi connectivity index (χ1) is 9.36. The van der Waals surface area contributed by atoms with Crippen LogP contribution < -0.4 is 0 Å². The minimum absolute atomic E-state index is 0.114.